The Bertz CT molecular complexity index is 2820. The van der Waals surface area contributed by atoms with Gasteiger partial charge in [-0.25, -0.2) is 4.98 Å². The number of amidine groups is 2. The number of thiophene rings is 1. The van der Waals surface area contributed by atoms with Crippen molar-refractivity contribution in [2.45, 2.75) is 117 Å². The number of nitrogens with one attached hydrogen (secondary N) is 4. The number of rotatable bonds is 12. The van der Waals surface area contributed by atoms with Gasteiger partial charge in [0.25, 0.3) is 0 Å². The molecule has 388 valence electrons. The minimum Gasteiger partial charge on any atom is -0.391 e. The number of halogens is 1. The summed E-state index contributed by atoms with van der Waals surface area (Å²) in [4.78, 5) is 77.0. The summed E-state index contributed by atoms with van der Waals surface area (Å²) < 4.78 is 0. The molecule has 1 saturated carbocycles. The third-order valence-electron chi connectivity index (χ3n) is 15.6. The lowest BCUT2D eigenvalue weighted by molar-refractivity contribution is -0.158. The number of nitrogens with zero attached hydrogens (tertiary/aromatic N) is 7. The SMILES string of the molecule is CC(=N)N1C(=N)[C@H](CC(=O)N2CC3(CC(N4CCN(CC(=O)N[C@H](C(=O)N5C[C@H](O)C[C@H]5C(=O)N[C@@H](C)c5ccc(-c6scnc6C)cc5)C(C)(C)C)CC4)C3)C2)N=C(c2ccc(Cl)cc2)c2c1sc(C)c2C. The van der Waals surface area contributed by atoms with Crippen molar-refractivity contribution in [1.29, 1.82) is 10.8 Å². The molecule has 4 aromatic rings. The van der Waals surface area contributed by atoms with Crippen LogP contribution in [0.3, 0.4) is 0 Å². The van der Waals surface area contributed by atoms with E-state index in [9.17, 15) is 29.7 Å². The molecule has 3 saturated heterocycles. The van der Waals surface area contributed by atoms with Crippen LogP contribution < -0.4 is 15.5 Å². The highest BCUT2D eigenvalue weighted by Crippen LogP contribution is 2.51. The standard InChI is InChI=1S/C54H68ClN11O5S2/c1-30-33(4)73-52-45(30)46(36-13-15-38(55)16-14-36)60-41(49(57)66(52)34(5)56)22-44(69)64-27-54(28-64)23-39(24-54)63-19-17-62(18-20-63)26-43(68)61-48(53(6,7)8)51(71)65-25-40(67)21-42(65)50(70)59-31(2)35-9-11-37(12-10-35)47-32(3)58-29-72-47/h9-16,29,31,39-42,48,56-57,67H,17-28H2,1-8H3,(H,59,70)(H,61,68)/t31-,40+,41-,42-,48+/m0/s1. The van der Waals surface area contributed by atoms with Crippen LogP contribution in [0.4, 0.5) is 5.00 Å². The van der Waals surface area contributed by atoms with E-state index in [0.717, 1.165) is 74.2 Å². The minimum absolute atomic E-state index is 0.00435. The maximum Gasteiger partial charge on any atom is 0.246 e. The number of aromatic nitrogens is 1. The van der Waals surface area contributed by atoms with Crippen LogP contribution in [0.25, 0.3) is 10.4 Å². The molecule has 4 amide bonds. The Hall–Kier alpha value is -5.37. The first-order valence-corrected chi connectivity index (χ1v) is 27.4. The fourth-order valence-electron chi connectivity index (χ4n) is 11.3. The number of aryl methyl sites for hydroxylation is 2. The fraction of sp³-hybridized carbons (Fsp3) is 0.519. The van der Waals surface area contributed by atoms with Crippen molar-refractivity contribution in [3.05, 3.63) is 91.9 Å². The third kappa shape index (κ3) is 10.8. The normalized spacial score (nSPS) is 22.2. The number of carbonyl (C=O) groups is 4. The molecule has 9 rings (SSSR count). The molecule has 73 heavy (non-hydrogen) atoms. The highest BCUT2D eigenvalue weighted by molar-refractivity contribution is 7.17. The number of thiazole rings is 1. The van der Waals surface area contributed by atoms with Crippen molar-refractivity contribution in [2.75, 3.05) is 57.3 Å². The molecule has 4 fully saturated rings. The number of hydrogen-bond acceptors (Lipinski definition) is 13. The number of carbonyl (C=O) groups excluding carboxylic acids is 4. The molecule has 1 aliphatic carbocycles. The van der Waals surface area contributed by atoms with Crippen LogP contribution in [0.15, 0.2) is 59.0 Å². The van der Waals surface area contributed by atoms with E-state index in [-0.39, 0.29) is 72.7 Å². The second-order valence-electron chi connectivity index (χ2n) is 22.0. The molecule has 1 spiro atoms. The first kappa shape index (κ1) is 52.5. The van der Waals surface area contributed by atoms with Crippen LogP contribution >= 0.6 is 34.3 Å². The van der Waals surface area contributed by atoms with E-state index in [1.165, 1.54) is 16.2 Å². The topological polar surface area (TPSA) is 202 Å². The minimum atomic E-state index is -0.913. The van der Waals surface area contributed by atoms with Crippen molar-refractivity contribution >= 4 is 80.3 Å². The highest BCUT2D eigenvalue weighted by Gasteiger charge is 2.55. The van der Waals surface area contributed by atoms with Gasteiger partial charge in [0.15, 0.2) is 0 Å². The van der Waals surface area contributed by atoms with Gasteiger partial charge in [-0.05, 0) is 81.7 Å². The zero-order valence-electron chi connectivity index (χ0n) is 43.1. The monoisotopic (exact) mass is 1050 g/mol. The fourth-order valence-corrected chi connectivity index (χ4v) is 13.5. The molecule has 0 radical (unpaired) electrons. The zero-order valence-corrected chi connectivity index (χ0v) is 45.4. The Morgan fingerprint density at radius 3 is 2.23 bits per heavy atom. The Balaban J connectivity index is 0.747. The van der Waals surface area contributed by atoms with Gasteiger partial charge in [-0.3, -0.25) is 49.7 Å². The number of aliphatic imine (C=N–C) groups is 1. The van der Waals surface area contributed by atoms with Crippen molar-refractivity contribution in [1.82, 2.24) is 35.2 Å². The lowest BCUT2D eigenvalue weighted by atomic mass is 9.60. The van der Waals surface area contributed by atoms with E-state index >= 15 is 0 Å². The number of anilines is 1. The molecule has 19 heteroatoms. The number of benzene rings is 2. The van der Waals surface area contributed by atoms with Gasteiger partial charge in [-0.15, -0.1) is 22.7 Å². The average molecular weight is 1050 g/mol. The van der Waals surface area contributed by atoms with Crippen LogP contribution in [-0.4, -0.2) is 153 Å². The number of β-amino-alcohol motifs (C(OH)–C–C–N with tert-alkyl or cyclic N) is 1. The first-order chi connectivity index (χ1) is 34.6. The Kier molecular flexibility index (Phi) is 14.9. The Morgan fingerprint density at radius 1 is 0.959 bits per heavy atom. The number of piperazine rings is 1. The summed E-state index contributed by atoms with van der Waals surface area (Å²) >= 11 is 9.38. The molecule has 5 atom stereocenters. The summed E-state index contributed by atoms with van der Waals surface area (Å²) in [5, 5.41) is 36.2. The van der Waals surface area contributed by atoms with Gasteiger partial charge in [0.2, 0.25) is 23.6 Å². The van der Waals surface area contributed by atoms with Gasteiger partial charge in [0, 0.05) is 84.7 Å². The van der Waals surface area contributed by atoms with Gasteiger partial charge in [-0.2, -0.15) is 0 Å². The summed E-state index contributed by atoms with van der Waals surface area (Å²) in [5.41, 5.74) is 7.64. The van der Waals surface area contributed by atoms with Crippen LogP contribution in [-0.2, 0) is 19.2 Å². The van der Waals surface area contributed by atoms with Gasteiger partial charge in [0.05, 0.1) is 46.9 Å². The van der Waals surface area contributed by atoms with E-state index in [4.69, 9.17) is 22.0 Å². The van der Waals surface area contributed by atoms with E-state index < -0.39 is 29.6 Å². The molecule has 2 aromatic heterocycles. The number of aliphatic hydroxyl groups is 1. The largest absolute Gasteiger partial charge is 0.391 e. The van der Waals surface area contributed by atoms with Crippen molar-refractivity contribution in [3.8, 4) is 10.4 Å². The highest BCUT2D eigenvalue weighted by atomic mass is 35.5. The summed E-state index contributed by atoms with van der Waals surface area (Å²) in [5.74, 6) is -0.713. The summed E-state index contributed by atoms with van der Waals surface area (Å²) in [6.07, 6.45) is 1.27. The van der Waals surface area contributed by atoms with Crippen LogP contribution in [0, 0.1) is 42.4 Å². The first-order valence-electron chi connectivity index (χ1n) is 25.3. The molecule has 2 aromatic carbocycles. The van der Waals surface area contributed by atoms with Crippen molar-refractivity contribution in [2.24, 2.45) is 15.8 Å². The molecule has 0 unspecified atom stereocenters. The molecule has 4 aliphatic heterocycles. The van der Waals surface area contributed by atoms with E-state index in [1.54, 1.807) is 23.2 Å². The molecular formula is C54H68ClN11O5S2. The summed E-state index contributed by atoms with van der Waals surface area (Å²) in [6.45, 7) is 19.8. The van der Waals surface area contributed by atoms with E-state index in [2.05, 4.69) is 25.4 Å². The third-order valence-corrected chi connectivity index (χ3v) is 18.0. The Labute approximate surface area is 441 Å². The summed E-state index contributed by atoms with van der Waals surface area (Å²) in [6, 6.07) is 13.0. The van der Waals surface area contributed by atoms with E-state index in [0.29, 0.717) is 43.0 Å². The van der Waals surface area contributed by atoms with Crippen LogP contribution in [0.5, 0.6) is 0 Å². The molecule has 0 bridgehead atoms. The van der Waals surface area contributed by atoms with Gasteiger partial charge < -0.3 is 25.5 Å². The smallest absolute Gasteiger partial charge is 0.246 e. The van der Waals surface area contributed by atoms with Crippen LogP contribution in [0.2, 0.25) is 5.02 Å². The second-order valence-corrected chi connectivity index (χ2v) is 24.5. The zero-order chi connectivity index (χ0) is 52.3. The van der Waals surface area contributed by atoms with Crippen molar-refractivity contribution in [3.63, 3.8) is 0 Å². The van der Waals surface area contributed by atoms with Crippen LogP contribution in [0.1, 0.15) is 99.2 Å². The maximum absolute atomic E-state index is 14.3. The van der Waals surface area contributed by atoms with Crippen molar-refractivity contribution < 1.29 is 24.3 Å². The summed E-state index contributed by atoms with van der Waals surface area (Å²) in [7, 11) is 0. The molecule has 16 nitrogen and oxygen atoms in total. The lowest BCUT2D eigenvalue weighted by Gasteiger charge is -2.61. The van der Waals surface area contributed by atoms with Gasteiger partial charge in [0.1, 0.15) is 34.8 Å². The van der Waals surface area contributed by atoms with Gasteiger partial charge >= 0.3 is 0 Å². The predicted molar refractivity (Wildman–Crippen MR) is 289 cm³/mol. The quantitative estimate of drug-likeness (QED) is 0.0746. The molecular weight excluding hydrogens is 982 g/mol. The average Bonchev–Trinajstić information content (AvgIpc) is 3.99. The lowest BCUT2D eigenvalue weighted by Crippen LogP contribution is -2.69. The molecule has 5 aliphatic rings. The maximum atomic E-state index is 14.3. The second kappa shape index (κ2) is 20.7. The van der Waals surface area contributed by atoms with E-state index in [1.807, 2.05) is 107 Å². The number of aliphatic hydroxyl groups excluding tert-OH is 1. The number of likely N-dealkylation sites (tertiary alicyclic amines) is 2. The number of fused-ring (bicyclic) bond motifs is 1. The number of amides is 4. The Morgan fingerprint density at radius 2 is 1.62 bits per heavy atom. The molecule has 5 N–H and O–H groups in total. The number of hydrogen-bond donors (Lipinski definition) is 5. The predicted octanol–water partition coefficient (Wildman–Crippen LogP) is 6.82. The molecule has 6 heterocycles. The van der Waals surface area contributed by atoms with Gasteiger partial charge in [-0.1, -0.05) is 68.8 Å².